The van der Waals surface area contributed by atoms with Gasteiger partial charge in [0.2, 0.25) is 5.79 Å². The minimum atomic E-state index is -1.38. The van der Waals surface area contributed by atoms with Gasteiger partial charge in [0.25, 0.3) is 0 Å². The van der Waals surface area contributed by atoms with Gasteiger partial charge in [-0.2, -0.15) is 0 Å². The number of hydrogen-bond acceptors (Lipinski definition) is 3. The highest BCUT2D eigenvalue weighted by molar-refractivity contribution is 5.94. The van der Waals surface area contributed by atoms with Crippen LogP contribution in [0.15, 0.2) is 24.3 Å². The van der Waals surface area contributed by atoms with Crippen LogP contribution in [-0.2, 0) is 10.5 Å². The molecule has 1 N–H and O–H groups in total. The van der Waals surface area contributed by atoms with Gasteiger partial charge >= 0.3 is 5.97 Å². The number of aliphatic hydroxyl groups is 1. The van der Waals surface area contributed by atoms with Gasteiger partial charge in [-0.25, -0.2) is 4.79 Å². The lowest BCUT2D eigenvalue weighted by molar-refractivity contribution is -0.207. The number of carbonyl (C=O) groups excluding carboxylic acids is 1. The lowest BCUT2D eigenvalue weighted by atomic mass is 9.80. The smallest absolute Gasteiger partial charge is 0.341 e. The summed E-state index contributed by atoms with van der Waals surface area (Å²) in [5.41, 5.74) is 1.16. The first-order valence-corrected chi connectivity index (χ1v) is 6.27. The van der Waals surface area contributed by atoms with E-state index >= 15 is 0 Å². The van der Waals surface area contributed by atoms with Crippen LogP contribution in [0.1, 0.15) is 48.0 Å². The molecule has 0 amide bonds. The fraction of sp³-hybridized carbons (Fsp3) is 0.500. The van der Waals surface area contributed by atoms with Crippen molar-refractivity contribution in [1.29, 1.82) is 0 Å². The molecular weight excluding hydrogens is 216 g/mol. The molecule has 0 bridgehead atoms. The maximum absolute atomic E-state index is 11.7. The molecule has 1 aromatic carbocycles. The summed E-state index contributed by atoms with van der Waals surface area (Å²) in [4.78, 5) is 11.7. The van der Waals surface area contributed by atoms with Gasteiger partial charge in [-0.3, -0.25) is 0 Å². The van der Waals surface area contributed by atoms with Crippen LogP contribution in [0.3, 0.4) is 0 Å². The van der Waals surface area contributed by atoms with Crippen molar-refractivity contribution in [3.63, 3.8) is 0 Å². The Balaban J connectivity index is 2.01. The molecule has 1 atom stereocenters. The van der Waals surface area contributed by atoms with E-state index in [9.17, 15) is 9.90 Å². The molecule has 1 fully saturated rings. The monoisotopic (exact) mass is 232 g/mol. The van der Waals surface area contributed by atoms with Gasteiger partial charge in [0.05, 0.1) is 5.56 Å². The summed E-state index contributed by atoms with van der Waals surface area (Å²) >= 11 is 0. The normalized spacial score (nSPS) is 28.9. The lowest BCUT2D eigenvalue weighted by Crippen LogP contribution is -2.36. The van der Waals surface area contributed by atoms with Crippen LogP contribution in [0.4, 0.5) is 0 Å². The molecule has 0 radical (unpaired) electrons. The van der Waals surface area contributed by atoms with Crippen molar-refractivity contribution in [3.05, 3.63) is 35.4 Å². The van der Waals surface area contributed by atoms with Crippen LogP contribution < -0.4 is 0 Å². The molecule has 1 aromatic rings. The third-order valence-corrected chi connectivity index (χ3v) is 3.94. The largest absolute Gasteiger partial charge is 0.425 e. The number of carbonyl (C=O) groups is 1. The third-order valence-electron chi connectivity index (χ3n) is 3.94. The fourth-order valence-electron chi connectivity index (χ4n) is 3.02. The summed E-state index contributed by atoms with van der Waals surface area (Å²) in [5.74, 6) is -1.73. The van der Waals surface area contributed by atoms with E-state index in [1.165, 1.54) is 6.42 Å². The van der Waals surface area contributed by atoms with Gasteiger partial charge in [0, 0.05) is 11.5 Å². The number of esters is 1. The maximum atomic E-state index is 11.7. The number of rotatable bonds is 1. The van der Waals surface area contributed by atoms with Crippen molar-refractivity contribution in [2.45, 2.75) is 37.9 Å². The molecule has 1 unspecified atom stereocenters. The van der Waals surface area contributed by atoms with Gasteiger partial charge in [-0.05, 0) is 18.9 Å². The molecule has 1 saturated carbocycles. The van der Waals surface area contributed by atoms with Crippen molar-refractivity contribution >= 4 is 5.97 Å². The van der Waals surface area contributed by atoms with Crippen molar-refractivity contribution in [2.75, 3.05) is 0 Å². The molecular formula is C14H16O3. The Kier molecular flexibility index (Phi) is 2.44. The highest BCUT2D eigenvalue weighted by atomic mass is 16.7. The zero-order valence-corrected chi connectivity index (χ0v) is 9.69. The number of fused-ring (bicyclic) bond motifs is 1. The van der Waals surface area contributed by atoms with E-state index in [1.54, 1.807) is 18.2 Å². The van der Waals surface area contributed by atoms with Crippen LogP contribution in [-0.4, -0.2) is 11.1 Å². The fourth-order valence-corrected chi connectivity index (χ4v) is 3.02. The van der Waals surface area contributed by atoms with E-state index in [0.29, 0.717) is 11.1 Å². The SMILES string of the molecule is O=C1OC(O)(C2CCCCC2)c2ccccc21. The summed E-state index contributed by atoms with van der Waals surface area (Å²) < 4.78 is 5.28. The number of hydrogen-bond donors (Lipinski definition) is 1. The third kappa shape index (κ3) is 1.57. The Morgan fingerprint density at radius 3 is 2.65 bits per heavy atom. The molecule has 1 heterocycles. The summed E-state index contributed by atoms with van der Waals surface area (Å²) in [5, 5.41) is 10.7. The first-order valence-electron chi connectivity index (χ1n) is 6.27. The van der Waals surface area contributed by atoms with Crippen molar-refractivity contribution in [1.82, 2.24) is 0 Å². The minimum Gasteiger partial charge on any atom is -0.425 e. The summed E-state index contributed by atoms with van der Waals surface area (Å²) in [6.45, 7) is 0. The number of ether oxygens (including phenoxy) is 1. The van der Waals surface area contributed by atoms with Gasteiger partial charge in [0.15, 0.2) is 0 Å². The average molecular weight is 232 g/mol. The zero-order valence-electron chi connectivity index (χ0n) is 9.69. The molecule has 90 valence electrons. The molecule has 1 aliphatic carbocycles. The highest BCUT2D eigenvalue weighted by Crippen LogP contribution is 2.45. The Morgan fingerprint density at radius 1 is 1.18 bits per heavy atom. The van der Waals surface area contributed by atoms with Crippen LogP contribution >= 0.6 is 0 Å². The van der Waals surface area contributed by atoms with Crippen molar-refractivity contribution in [3.8, 4) is 0 Å². The predicted molar refractivity (Wildman–Crippen MR) is 62.3 cm³/mol. The number of benzene rings is 1. The van der Waals surface area contributed by atoms with Crippen LogP contribution in [0, 0.1) is 5.92 Å². The second-order valence-corrected chi connectivity index (χ2v) is 4.97. The molecule has 3 nitrogen and oxygen atoms in total. The van der Waals surface area contributed by atoms with Gasteiger partial charge in [0.1, 0.15) is 0 Å². The lowest BCUT2D eigenvalue weighted by Gasteiger charge is -2.34. The van der Waals surface area contributed by atoms with E-state index < -0.39 is 11.8 Å². The van der Waals surface area contributed by atoms with E-state index in [2.05, 4.69) is 0 Å². The Morgan fingerprint density at radius 2 is 1.88 bits per heavy atom. The average Bonchev–Trinajstić information content (AvgIpc) is 2.65. The van der Waals surface area contributed by atoms with Gasteiger partial charge in [-0.15, -0.1) is 0 Å². The molecule has 3 rings (SSSR count). The Bertz CT molecular complexity index is 449. The minimum absolute atomic E-state index is 0.0452. The molecule has 17 heavy (non-hydrogen) atoms. The summed E-state index contributed by atoms with van der Waals surface area (Å²) in [7, 11) is 0. The maximum Gasteiger partial charge on any atom is 0.341 e. The first-order chi connectivity index (χ1) is 8.22. The Hall–Kier alpha value is -1.35. The van der Waals surface area contributed by atoms with Gasteiger partial charge in [-0.1, -0.05) is 37.5 Å². The zero-order chi connectivity index (χ0) is 11.9. The predicted octanol–water partition coefficient (Wildman–Crippen LogP) is 2.58. The molecule has 0 aromatic heterocycles. The van der Waals surface area contributed by atoms with E-state index in [-0.39, 0.29) is 5.92 Å². The second kappa shape index (κ2) is 3.84. The van der Waals surface area contributed by atoms with E-state index in [0.717, 1.165) is 25.7 Å². The Labute approximate surface area is 100 Å². The summed E-state index contributed by atoms with van der Waals surface area (Å²) in [6, 6.07) is 7.16. The van der Waals surface area contributed by atoms with Gasteiger partial charge < -0.3 is 9.84 Å². The second-order valence-electron chi connectivity index (χ2n) is 4.97. The van der Waals surface area contributed by atoms with E-state index in [4.69, 9.17) is 4.74 Å². The number of cyclic esters (lactones) is 1. The summed E-state index contributed by atoms with van der Waals surface area (Å²) in [6.07, 6.45) is 5.28. The van der Waals surface area contributed by atoms with Crippen molar-refractivity contribution < 1.29 is 14.6 Å². The van der Waals surface area contributed by atoms with E-state index in [1.807, 2.05) is 6.07 Å². The molecule has 0 spiro atoms. The standard InChI is InChI=1S/C14H16O3/c15-13-11-8-4-5-9-12(11)14(16,17-13)10-6-2-1-3-7-10/h4-5,8-10,16H,1-3,6-7H2. The molecule has 0 saturated heterocycles. The van der Waals surface area contributed by atoms with Crippen LogP contribution in [0.2, 0.25) is 0 Å². The highest BCUT2D eigenvalue weighted by Gasteiger charge is 2.49. The molecule has 3 heteroatoms. The molecule has 1 aliphatic heterocycles. The topological polar surface area (TPSA) is 46.5 Å². The quantitative estimate of drug-likeness (QED) is 0.757. The van der Waals surface area contributed by atoms with Crippen LogP contribution in [0.5, 0.6) is 0 Å². The molecule has 2 aliphatic rings. The van der Waals surface area contributed by atoms with Crippen molar-refractivity contribution in [2.24, 2.45) is 5.92 Å². The first kappa shape index (κ1) is 10.8. The van der Waals surface area contributed by atoms with Crippen LogP contribution in [0.25, 0.3) is 0 Å².